The van der Waals surface area contributed by atoms with Crippen molar-refractivity contribution in [2.24, 2.45) is 0 Å². The summed E-state index contributed by atoms with van der Waals surface area (Å²) in [5.74, 6) is -0.330. The van der Waals surface area contributed by atoms with Crippen molar-refractivity contribution in [1.82, 2.24) is 5.32 Å². The predicted molar refractivity (Wildman–Crippen MR) is 61.8 cm³/mol. The molecule has 0 heterocycles. The van der Waals surface area contributed by atoms with Gasteiger partial charge in [0, 0.05) is 6.54 Å². The average molecular weight is 260 g/mol. The molecule has 1 rings (SSSR count). The zero-order chi connectivity index (χ0) is 13.7. The van der Waals surface area contributed by atoms with Gasteiger partial charge in [-0.1, -0.05) is 6.07 Å². The summed E-state index contributed by atoms with van der Waals surface area (Å²) in [6.45, 7) is -0.548. The van der Waals surface area contributed by atoms with E-state index in [1.165, 1.54) is 13.2 Å². The van der Waals surface area contributed by atoms with E-state index < -0.39 is 25.0 Å². The Morgan fingerprint density at radius 2 is 2.22 bits per heavy atom. The standard InChI is InChI=1S/C11H14F2N2O3/c1-18-8-4-2-3-6(9(8)14)11(17)15-5-7(16)10(12)13/h2-4,7,10,16H,5,14H2,1H3,(H,15,17). The number of anilines is 1. The minimum atomic E-state index is -2.91. The van der Waals surface area contributed by atoms with Crippen molar-refractivity contribution in [1.29, 1.82) is 0 Å². The molecule has 0 saturated carbocycles. The Bertz CT molecular complexity index is 427. The van der Waals surface area contributed by atoms with Crippen LogP contribution < -0.4 is 15.8 Å². The van der Waals surface area contributed by atoms with Gasteiger partial charge in [-0.2, -0.15) is 0 Å². The molecule has 1 unspecified atom stereocenters. The highest BCUT2D eigenvalue weighted by molar-refractivity contribution is 6.00. The Morgan fingerprint density at radius 3 is 2.78 bits per heavy atom. The third-order valence-corrected chi connectivity index (χ3v) is 2.29. The highest BCUT2D eigenvalue weighted by Gasteiger charge is 2.19. The van der Waals surface area contributed by atoms with Crippen molar-refractivity contribution in [3.8, 4) is 5.75 Å². The summed E-state index contributed by atoms with van der Waals surface area (Å²) in [6.07, 6.45) is -4.81. The molecular formula is C11H14F2N2O3. The number of aliphatic hydroxyl groups excluding tert-OH is 1. The van der Waals surface area contributed by atoms with E-state index in [9.17, 15) is 13.6 Å². The van der Waals surface area contributed by atoms with Gasteiger partial charge < -0.3 is 20.9 Å². The van der Waals surface area contributed by atoms with E-state index in [0.29, 0.717) is 5.75 Å². The Morgan fingerprint density at radius 1 is 1.56 bits per heavy atom. The third kappa shape index (κ3) is 3.30. The number of nitrogens with one attached hydrogen (secondary N) is 1. The van der Waals surface area contributed by atoms with E-state index >= 15 is 0 Å². The van der Waals surface area contributed by atoms with Crippen LogP contribution in [0.15, 0.2) is 18.2 Å². The Hall–Kier alpha value is -1.89. The number of aliphatic hydroxyl groups is 1. The molecule has 0 aliphatic carbocycles. The van der Waals surface area contributed by atoms with Crippen molar-refractivity contribution in [2.45, 2.75) is 12.5 Å². The number of halogens is 2. The summed E-state index contributed by atoms with van der Waals surface area (Å²) >= 11 is 0. The molecule has 1 atom stereocenters. The fourth-order valence-corrected chi connectivity index (χ4v) is 1.30. The fourth-order valence-electron chi connectivity index (χ4n) is 1.30. The maximum absolute atomic E-state index is 12.0. The zero-order valence-electron chi connectivity index (χ0n) is 9.69. The molecule has 0 aliphatic heterocycles. The van der Waals surface area contributed by atoms with Crippen molar-refractivity contribution in [2.75, 3.05) is 19.4 Å². The van der Waals surface area contributed by atoms with E-state index in [1.54, 1.807) is 12.1 Å². The van der Waals surface area contributed by atoms with Crippen LogP contribution in [-0.4, -0.2) is 37.2 Å². The number of nitrogen functional groups attached to an aromatic ring is 1. The number of hydrogen-bond donors (Lipinski definition) is 3. The summed E-state index contributed by atoms with van der Waals surface area (Å²) in [5, 5.41) is 11.0. The summed E-state index contributed by atoms with van der Waals surface area (Å²) < 4.78 is 29.0. The van der Waals surface area contributed by atoms with Crippen LogP contribution in [-0.2, 0) is 0 Å². The van der Waals surface area contributed by atoms with Crippen LogP contribution in [0.2, 0.25) is 0 Å². The minimum absolute atomic E-state index is 0.107. The van der Waals surface area contributed by atoms with Gasteiger partial charge in [0.1, 0.15) is 11.9 Å². The van der Waals surface area contributed by atoms with Crippen LogP contribution in [0.4, 0.5) is 14.5 Å². The summed E-state index contributed by atoms with van der Waals surface area (Å²) in [4.78, 5) is 11.7. The lowest BCUT2D eigenvalue weighted by atomic mass is 10.1. The summed E-state index contributed by atoms with van der Waals surface area (Å²) in [7, 11) is 1.40. The maximum Gasteiger partial charge on any atom is 0.265 e. The van der Waals surface area contributed by atoms with Gasteiger partial charge in [-0.3, -0.25) is 4.79 Å². The van der Waals surface area contributed by atoms with Crippen molar-refractivity contribution in [3.63, 3.8) is 0 Å². The molecule has 0 radical (unpaired) electrons. The molecule has 0 saturated heterocycles. The van der Waals surface area contributed by atoms with E-state index in [1.807, 2.05) is 0 Å². The van der Waals surface area contributed by atoms with Gasteiger partial charge in [0.15, 0.2) is 0 Å². The fraction of sp³-hybridized carbons (Fsp3) is 0.364. The van der Waals surface area contributed by atoms with Crippen LogP contribution >= 0.6 is 0 Å². The van der Waals surface area contributed by atoms with E-state index in [-0.39, 0.29) is 11.3 Å². The number of rotatable bonds is 5. The smallest absolute Gasteiger partial charge is 0.265 e. The van der Waals surface area contributed by atoms with Gasteiger partial charge in [0.25, 0.3) is 12.3 Å². The lowest BCUT2D eigenvalue weighted by Crippen LogP contribution is -2.36. The first-order chi connectivity index (χ1) is 8.47. The lowest BCUT2D eigenvalue weighted by molar-refractivity contribution is -0.00269. The molecule has 1 aromatic rings. The largest absolute Gasteiger partial charge is 0.495 e. The highest BCUT2D eigenvalue weighted by atomic mass is 19.3. The second-order valence-corrected chi connectivity index (χ2v) is 3.53. The third-order valence-electron chi connectivity index (χ3n) is 2.29. The minimum Gasteiger partial charge on any atom is -0.495 e. The van der Waals surface area contributed by atoms with E-state index in [0.717, 1.165) is 0 Å². The molecule has 0 bridgehead atoms. The van der Waals surface area contributed by atoms with E-state index in [4.69, 9.17) is 15.6 Å². The Balaban J connectivity index is 2.73. The van der Waals surface area contributed by atoms with Gasteiger partial charge in [-0.25, -0.2) is 8.78 Å². The SMILES string of the molecule is COc1cccc(C(=O)NCC(O)C(F)F)c1N. The first kappa shape index (κ1) is 14.2. The number of carbonyl (C=O) groups is 1. The first-order valence-corrected chi connectivity index (χ1v) is 5.14. The number of carbonyl (C=O) groups excluding carboxylic acids is 1. The number of benzene rings is 1. The summed E-state index contributed by atoms with van der Waals surface area (Å²) in [5.41, 5.74) is 5.89. The highest BCUT2D eigenvalue weighted by Crippen LogP contribution is 2.24. The maximum atomic E-state index is 12.0. The van der Waals surface area contributed by atoms with Gasteiger partial charge >= 0.3 is 0 Å². The molecule has 100 valence electrons. The first-order valence-electron chi connectivity index (χ1n) is 5.14. The van der Waals surface area contributed by atoms with Crippen molar-refractivity contribution >= 4 is 11.6 Å². The van der Waals surface area contributed by atoms with Gasteiger partial charge in [-0.05, 0) is 12.1 Å². The Kier molecular flexibility index (Phi) is 4.85. The number of nitrogens with two attached hydrogens (primary N) is 1. The molecule has 4 N–H and O–H groups in total. The molecule has 0 fully saturated rings. The quantitative estimate of drug-likeness (QED) is 0.678. The molecular weight excluding hydrogens is 246 g/mol. The lowest BCUT2D eigenvalue weighted by Gasteiger charge is -2.13. The molecule has 5 nitrogen and oxygen atoms in total. The van der Waals surface area contributed by atoms with Crippen LogP contribution in [0.5, 0.6) is 5.75 Å². The number of methoxy groups -OCH3 is 1. The molecule has 0 spiro atoms. The number of para-hydroxylation sites is 1. The van der Waals surface area contributed by atoms with Gasteiger partial charge in [0.2, 0.25) is 0 Å². The average Bonchev–Trinajstić information content (AvgIpc) is 2.35. The monoisotopic (exact) mass is 260 g/mol. The topological polar surface area (TPSA) is 84.6 Å². The molecule has 18 heavy (non-hydrogen) atoms. The number of alkyl halides is 2. The van der Waals surface area contributed by atoms with Crippen LogP contribution in [0.3, 0.4) is 0 Å². The van der Waals surface area contributed by atoms with Crippen LogP contribution in [0, 0.1) is 0 Å². The molecule has 7 heteroatoms. The molecule has 0 aromatic heterocycles. The van der Waals surface area contributed by atoms with Crippen molar-refractivity contribution in [3.05, 3.63) is 23.8 Å². The van der Waals surface area contributed by atoms with Gasteiger partial charge in [-0.15, -0.1) is 0 Å². The predicted octanol–water partition coefficient (Wildman–Crippen LogP) is 0.633. The number of amides is 1. The molecule has 0 aliphatic rings. The number of hydrogen-bond acceptors (Lipinski definition) is 4. The van der Waals surface area contributed by atoms with Gasteiger partial charge in [0.05, 0.1) is 18.4 Å². The summed E-state index contributed by atoms with van der Waals surface area (Å²) in [6, 6.07) is 4.55. The van der Waals surface area contributed by atoms with E-state index in [2.05, 4.69) is 5.32 Å². The molecule has 1 aromatic carbocycles. The van der Waals surface area contributed by atoms with Crippen LogP contribution in [0.1, 0.15) is 10.4 Å². The molecule has 1 amide bonds. The number of ether oxygens (including phenoxy) is 1. The zero-order valence-corrected chi connectivity index (χ0v) is 9.69. The van der Waals surface area contributed by atoms with Crippen molar-refractivity contribution < 1.29 is 23.4 Å². The van der Waals surface area contributed by atoms with Crippen LogP contribution in [0.25, 0.3) is 0 Å². The normalized spacial score (nSPS) is 12.3. The second-order valence-electron chi connectivity index (χ2n) is 3.53. The Labute approximate surface area is 103 Å². The second kappa shape index (κ2) is 6.15.